The van der Waals surface area contributed by atoms with Gasteiger partial charge in [0.1, 0.15) is 29.7 Å². The highest BCUT2D eigenvalue weighted by atomic mass is 79.9. The molecule has 0 bridgehead atoms. The maximum Gasteiger partial charge on any atom is 0.233 e. The van der Waals surface area contributed by atoms with E-state index in [0.717, 1.165) is 17.7 Å². The molecule has 0 radical (unpaired) electrons. The standard InChI is InChI=1S/C20H28BrN3O4/c1-20(2,14-28-19-9-8-18(21)23-24-19)22-12-16(25)13-27-17-7-5-4-6-15(17)10-11-26-3/h4-9,16,22,25H,10-14H2,1-3H3. The second kappa shape index (κ2) is 11.3. The van der Waals surface area contributed by atoms with Crippen LogP contribution < -0.4 is 14.8 Å². The van der Waals surface area contributed by atoms with Crippen molar-refractivity contribution in [3.05, 3.63) is 46.6 Å². The van der Waals surface area contributed by atoms with Crippen LogP contribution in [0, 0.1) is 0 Å². The number of nitrogens with one attached hydrogen (secondary N) is 1. The lowest BCUT2D eigenvalue weighted by atomic mass is 10.1. The lowest BCUT2D eigenvalue weighted by Crippen LogP contribution is -2.48. The number of aliphatic hydroxyl groups excluding tert-OH is 1. The molecule has 1 aromatic carbocycles. The maximum absolute atomic E-state index is 10.3. The Kier molecular flexibility index (Phi) is 9.11. The number of hydrogen-bond acceptors (Lipinski definition) is 7. The zero-order valence-electron chi connectivity index (χ0n) is 16.5. The van der Waals surface area contributed by atoms with Crippen LogP contribution in [0.2, 0.25) is 0 Å². The van der Waals surface area contributed by atoms with Crippen molar-refractivity contribution in [2.75, 3.05) is 33.5 Å². The van der Waals surface area contributed by atoms with Crippen molar-refractivity contribution in [3.63, 3.8) is 0 Å². The molecule has 7 nitrogen and oxygen atoms in total. The van der Waals surface area contributed by atoms with Gasteiger partial charge in [-0.05, 0) is 53.9 Å². The summed E-state index contributed by atoms with van der Waals surface area (Å²) in [6, 6.07) is 11.3. The van der Waals surface area contributed by atoms with E-state index in [2.05, 4.69) is 31.4 Å². The van der Waals surface area contributed by atoms with Crippen LogP contribution in [-0.4, -0.2) is 60.4 Å². The molecular weight excluding hydrogens is 426 g/mol. The molecule has 1 heterocycles. The molecule has 2 N–H and O–H groups in total. The molecule has 0 spiro atoms. The number of para-hydroxylation sites is 1. The van der Waals surface area contributed by atoms with Gasteiger partial charge in [0, 0.05) is 25.3 Å². The molecule has 0 saturated carbocycles. The summed E-state index contributed by atoms with van der Waals surface area (Å²) < 4.78 is 17.2. The molecule has 0 aliphatic heterocycles. The first-order valence-corrected chi connectivity index (χ1v) is 9.94. The Bertz CT molecular complexity index is 713. The Hall–Kier alpha value is -1.74. The Morgan fingerprint density at radius 1 is 1.14 bits per heavy atom. The molecule has 0 amide bonds. The molecule has 0 aliphatic carbocycles. The number of rotatable bonds is 12. The molecule has 28 heavy (non-hydrogen) atoms. The highest BCUT2D eigenvalue weighted by Gasteiger charge is 2.20. The third-order valence-electron chi connectivity index (χ3n) is 3.98. The van der Waals surface area contributed by atoms with E-state index >= 15 is 0 Å². The topological polar surface area (TPSA) is 85.7 Å². The lowest BCUT2D eigenvalue weighted by molar-refractivity contribution is 0.0916. The van der Waals surface area contributed by atoms with Gasteiger partial charge in [-0.15, -0.1) is 10.2 Å². The van der Waals surface area contributed by atoms with Gasteiger partial charge in [-0.1, -0.05) is 18.2 Å². The van der Waals surface area contributed by atoms with E-state index in [1.807, 2.05) is 38.1 Å². The summed E-state index contributed by atoms with van der Waals surface area (Å²) in [5.41, 5.74) is 0.709. The quantitative estimate of drug-likeness (QED) is 0.510. The number of aromatic nitrogens is 2. The largest absolute Gasteiger partial charge is 0.491 e. The van der Waals surface area contributed by atoms with E-state index in [9.17, 15) is 5.11 Å². The second-order valence-corrected chi connectivity index (χ2v) is 7.88. The van der Waals surface area contributed by atoms with E-state index in [4.69, 9.17) is 14.2 Å². The molecule has 0 aliphatic rings. The van der Waals surface area contributed by atoms with Crippen LogP contribution in [0.3, 0.4) is 0 Å². The smallest absolute Gasteiger partial charge is 0.233 e. The molecule has 2 rings (SSSR count). The number of hydrogen-bond donors (Lipinski definition) is 2. The third-order valence-corrected chi connectivity index (χ3v) is 4.41. The molecule has 0 fully saturated rings. The zero-order chi connectivity index (χ0) is 20.4. The van der Waals surface area contributed by atoms with Gasteiger partial charge in [-0.25, -0.2) is 0 Å². The average molecular weight is 454 g/mol. The normalized spacial score (nSPS) is 12.6. The first kappa shape index (κ1) is 22.5. The summed E-state index contributed by atoms with van der Waals surface area (Å²) in [4.78, 5) is 0. The fourth-order valence-corrected chi connectivity index (χ4v) is 2.60. The Labute approximate surface area is 174 Å². The number of halogens is 1. The van der Waals surface area contributed by atoms with Gasteiger partial charge in [0.25, 0.3) is 0 Å². The molecule has 0 saturated heterocycles. The fraction of sp³-hybridized carbons (Fsp3) is 0.500. The zero-order valence-corrected chi connectivity index (χ0v) is 18.1. The summed E-state index contributed by atoms with van der Waals surface area (Å²) in [6.45, 7) is 5.58. The predicted octanol–water partition coefficient (Wildman–Crippen LogP) is 2.61. The van der Waals surface area contributed by atoms with Gasteiger partial charge in [-0.2, -0.15) is 0 Å². The average Bonchev–Trinajstić information content (AvgIpc) is 2.69. The van der Waals surface area contributed by atoms with Crippen molar-refractivity contribution in [2.45, 2.75) is 31.9 Å². The second-order valence-electron chi connectivity index (χ2n) is 7.06. The highest BCUT2D eigenvalue weighted by Crippen LogP contribution is 2.19. The summed E-state index contributed by atoms with van der Waals surface area (Å²) in [5, 5.41) is 21.4. The van der Waals surface area contributed by atoms with Gasteiger partial charge >= 0.3 is 0 Å². The predicted molar refractivity (Wildman–Crippen MR) is 111 cm³/mol. The SMILES string of the molecule is COCCc1ccccc1OCC(O)CNC(C)(C)COc1ccc(Br)nn1. The number of benzene rings is 1. The van der Waals surface area contributed by atoms with E-state index in [1.54, 1.807) is 19.2 Å². The maximum atomic E-state index is 10.3. The summed E-state index contributed by atoms with van der Waals surface area (Å²) >= 11 is 3.24. The summed E-state index contributed by atoms with van der Waals surface area (Å²) in [5.74, 6) is 1.23. The van der Waals surface area contributed by atoms with Crippen LogP contribution >= 0.6 is 15.9 Å². The minimum atomic E-state index is -0.651. The van der Waals surface area contributed by atoms with Crippen LogP contribution in [0.15, 0.2) is 41.0 Å². The van der Waals surface area contributed by atoms with Crippen molar-refractivity contribution in [3.8, 4) is 11.6 Å². The van der Waals surface area contributed by atoms with Crippen molar-refractivity contribution >= 4 is 15.9 Å². The Morgan fingerprint density at radius 3 is 2.64 bits per heavy atom. The molecule has 1 unspecified atom stereocenters. The number of nitrogens with zero attached hydrogens (tertiary/aromatic N) is 2. The van der Waals surface area contributed by atoms with E-state index in [0.29, 0.717) is 30.2 Å². The minimum Gasteiger partial charge on any atom is -0.491 e. The third kappa shape index (κ3) is 8.10. The van der Waals surface area contributed by atoms with Gasteiger partial charge in [-0.3, -0.25) is 0 Å². The van der Waals surface area contributed by atoms with Crippen molar-refractivity contribution < 1.29 is 19.3 Å². The van der Waals surface area contributed by atoms with Gasteiger partial charge in [0.05, 0.1) is 6.61 Å². The first-order chi connectivity index (χ1) is 13.4. The minimum absolute atomic E-state index is 0.201. The molecule has 1 aromatic heterocycles. The van der Waals surface area contributed by atoms with Crippen molar-refractivity contribution in [1.29, 1.82) is 0 Å². The van der Waals surface area contributed by atoms with E-state index in [-0.39, 0.29) is 12.1 Å². The Morgan fingerprint density at radius 2 is 1.93 bits per heavy atom. The van der Waals surface area contributed by atoms with Crippen LogP contribution in [0.1, 0.15) is 19.4 Å². The Balaban J connectivity index is 1.75. The monoisotopic (exact) mass is 453 g/mol. The summed E-state index contributed by atoms with van der Waals surface area (Å²) in [7, 11) is 1.67. The molecular formula is C20H28BrN3O4. The van der Waals surface area contributed by atoms with Gasteiger partial charge in [0.2, 0.25) is 5.88 Å². The number of β-amino-alcohol motifs (C(OH)–C–C–N with tert-alkyl or cyclic N) is 1. The van der Waals surface area contributed by atoms with Crippen molar-refractivity contribution in [2.24, 2.45) is 0 Å². The van der Waals surface area contributed by atoms with Gasteiger partial charge in [0.15, 0.2) is 0 Å². The fourth-order valence-electron chi connectivity index (χ4n) is 2.39. The molecule has 154 valence electrons. The molecule has 1 atom stereocenters. The summed E-state index contributed by atoms with van der Waals surface area (Å²) in [6.07, 6.45) is 0.117. The van der Waals surface area contributed by atoms with Crippen LogP contribution in [0.25, 0.3) is 0 Å². The number of methoxy groups -OCH3 is 1. The molecule has 2 aromatic rings. The first-order valence-electron chi connectivity index (χ1n) is 9.14. The van der Waals surface area contributed by atoms with Crippen LogP contribution in [0.4, 0.5) is 0 Å². The van der Waals surface area contributed by atoms with Gasteiger partial charge < -0.3 is 24.6 Å². The van der Waals surface area contributed by atoms with E-state index in [1.165, 1.54) is 0 Å². The van der Waals surface area contributed by atoms with Crippen LogP contribution in [0.5, 0.6) is 11.6 Å². The van der Waals surface area contributed by atoms with Crippen LogP contribution in [-0.2, 0) is 11.2 Å². The number of aliphatic hydroxyl groups is 1. The highest BCUT2D eigenvalue weighted by molar-refractivity contribution is 9.10. The van der Waals surface area contributed by atoms with Crippen molar-refractivity contribution in [1.82, 2.24) is 15.5 Å². The molecule has 8 heteroatoms. The lowest BCUT2D eigenvalue weighted by Gasteiger charge is -2.27. The number of ether oxygens (including phenoxy) is 3. The van der Waals surface area contributed by atoms with E-state index < -0.39 is 6.10 Å².